The lowest BCUT2D eigenvalue weighted by Gasteiger charge is -2.40. The van der Waals surface area contributed by atoms with Gasteiger partial charge in [0.25, 0.3) is 0 Å². The van der Waals surface area contributed by atoms with Gasteiger partial charge in [-0.15, -0.1) is 0 Å². The van der Waals surface area contributed by atoms with E-state index in [4.69, 9.17) is 0 Å². The van der Waals surface area contributed by atoms with Crippen LogP contribution >= 0.6 is 22.6 Å². The minimum Gasteiger partial charge on any atom is -0.828 e. The van der Waals surface area contributed by atoms with Crippen molar-refractivity contribution in [1.29, 1.82) is 0 Å². The van der Waals surface area contributed by atoms with Crippen molar-refractivity contribution in [2.24, 2.45) is 0 Å². The van der Waals surface area contributed by atoms with Crippen molar-refractivity contribution in [3.8, 4) is 0 Å². The monoisotopic (exact) mass is 513 g/mol. The minimum absolute atomic E-state index is 0.552. The van der Waals surface area contributed by atoms with Gasteiger partial charge in [-0.25, -0.2) is 0 Å². The van der Waals surface area contributed by atoms with Crippen molar-refractivity contribution < 1.29 is 50.5 Å². The zero-order valence-corrected chi connectivity index (χ0v) is 15.6. The second kappa shape index (κ2) is 8.63. The van der Waals surface area contributed by atoms with Gasteiger partial charge in [0.1, 0.15) is 17.1 Å². The quantitative estimate of drug-likeness (QED) is 0.192. The minimum atomic E-state index is -6.45. The summed E-state index contributed by atoms with van der Waals surface area (Å²) in [5, 5.41) is 11.1. The highest BCUT2D eigenvalue weighted by Crippen LogP contribution is 2.41. The van der Waals surface area contributed by atoms with Gasteiger partial charge in [0.2, 0.25) is 0 Å². The zero-order chi connectivity index (χ0) is 21.0. The van der Waals surface area contributed by atoms with E-state index in [1.807, 2.05) is 6.92 Å². The molecular formula is C15H12F6IO5-. The molecule has 0 bridgehead atoms. The number of halogens is 7. The molecule has 0 aliphatic heterocycles. The standard InChI is InChI=1S/C15H12F6IO5/c1-8-2-4-9(5-3-8)10(22)11(23)26-6-7-27-12(24)13(25,14(16,17)18)15(19,20)21/h2-5,10H,6-7H2,1H3/q-1. The maximum atomic E-state index is 12.4. The molecule has 27 heavy (non-hydrogen) atoms. The molecule has 152 valence electrons. The van der Waals surface area contributed by atoms with Gasteiger partial charge in [-0.2, -0.15) is 26.3 Å². The maximum absolute atomic E-state index is 12.4. The van der Waals surface area contributed by atoms with Crippen LogP contribution in [0.1, 0.15) is 15.1 Å². The van der Waals surface area contributed by atoms with Crippen LogP contribution in [0.3, 0.4) is 0 Å². The molecule has 0 fully saturated rings. The molecular weight excluding hydrogens is 501 g/mol. The number of esters is 2. The number of benzene rings is 1. The SMILES string of the molecule is Cc1ccc(C(I)C(=O)OCCOC(=O)C([O-])(C(F)(F)F)C(F)(F)F)cc1. The normalized spacial score (nSPS) is 13.8. The van der Waals surface area contributed by atoms with Gasteiger partial charge in [0.05, 0.1) is 0 Å². The highest BCUT2D eigenvalue weighted by Gasteiger charge is 2.68. The summed E-state index contributed by atoms with van der Waals surface area (Å²) in [7, 11) is 0. The Balaban J connectivity index is 2.60. The van der Waals surface area contributed by atoms with E-state index in [0.29, 0.717) is 5.56 Å². The first-order chi connectivity index (χ1) is 12.2. The summed E-state index contributed by atoms with van der Waals surface area (Å²) in [6.07, 6.45) is -12.9. The summed E-state index contributed by atoms with van der Waals surface area (Å²) in [6, 6.07) is 6.70. The van der Waals surface area contributed by atoms with Crippen LogP contribution in [0.4, 0.5) is 26.3 Å². The predicted octanol–water partition coefficient (Wildman–Crippen LogP) is 2.78. The third kappa shape index (κ3) is 5.46. The molecule has 5 nitrogen and oxygen atoms in total. The van der Waals surface area contributed by atoms with E-state index in [0.717, 1.165) is 5.56 Å². The molecule has 0 aliphatic carbocycles. The summed E-state index contributed by atoms with van der Waals surface area (Å²) in [6.45, 7) is -0.143. The molecule has 1 aromatic rings. The topological polar surface area (TPSA) is 75.7 Å². The van der Waals surface area contributed by atoms with Gasteiger partial charge in [0.15, 0.2) is 5.60 Å². The highest BCUT2D eigenvalue weighted by molar-refractivity contribution is 14.1. The number of ether oxygens (including phenoxy) is 2. The van der Waals surface area contributed by atoms with Gasteiger partial charge >= 0.3 is 24.3 Å². The molecule has 0 amide bonds. The van der Waals surface area contributed by atoms with Crippen molar-refractivity contribution in [3.63, 3.8) is 0 Å². The lowest BCUT2D eigenvalue weighted by atomic mass is 10.0. The van der Waals surface area contributed by atoms with Gasteiger partial charge in [-0.1, -0.05) is 52.4 Å². The molecule has 0 aromatic heterocycles. The van der Waals surface area contributed by atoms with Crippen molar-refractivity contribution in [2.75, 3.05) is 13.2 Å². The van der Waals surface area contributed by atoms with Crippen molar-refractivity contribution in [1.82, 2.24) is 0 Å². The van der Waals surface area contributed by atoms with E-state index in [-0.39, 0.29) is 0 Å². The van der Waals surface area contributed by atoms with Crippen LogP contribution in [0.5, 0.6) is 0 Å². The number of carbonyl (C=O) groups is 2. The lowest BCUT2D eigenvalue weighted by molar-refractivity contribution is -0.574. The van der Waals surface area contributed by atoms with Gasteiger partial charge in [0, 0.05) is 0 Å². The second-order valence-electron chi connectivity index (χ2n) is 5.25. The maximum Gasteiger partial charge on any atom is 0.399 e. The van der Waals surface area contributed by atoms with E-state index in [1.165, 1.54) is 0 Å². The molecule has 1 atom stereocenters. The fraction of sp³-hybridized carbons (Fsp3) is 0.467. The lowest BCUT2D eigenvalue weighted by Crippen LogP contribution is -2.71. The van der Waals surface area contributed by atoms with E-state index in [1.54, 1.807) is 46.9 Å². The van der Waals surface area contributed by atoms with Crippen LogP contribution in [0.25, 0.3) is 0 Å². The number of rotatable bonds is 6. The Labute approximate surface area is 162 Å². The average Bonchev–Trinajstić information content (AvgIpc) is 2.55. The van der Waals surface area contributed by atoms with E-state index in [2.05, 4.69) is 9.47 Å². The van der Waals surface area contributed by atoms with E-state index in [9.17, 15) is 41.0 Å². The van der Waals surface area contributed by atoms with Crippen molar-refractivity contribution in [2.45, 2.75) is 28.8 Å². The Morgan fingerprint density at radius 3 is 1.89 bits per heavy atom. The van der Waals surface area contributed by atoms with Crippen LogP contribution in [-0.4, -0.2) is 43.1 Å². The summed E-state index contributed by atoms with van der Waals surface area (Å²) < 4.78 is 81.9. The first-order valence-corrected chi connectivity index (χ1v) is 8.34. The van der Waals surface area contributed by atoms with Crippen molar-refractivity contribution in [3.05, 3.63) is 35.4 Å². The van der Waals surface area contributed by atoms with Crippen LogP contribution in [-0.2, 0) is 19.1 Å². The second-order valence-corrected chi connectivity index (χ2v) is 6.50. The van der Waals surface area contributed by atoms with Crippen LogP contribution in [0.2, 0.25) is 0 Å². The average molecular weight is 513 g/mol. The molecule has 1 unspecified atom stereocenters. The number of aryl methyl sites for hydroxylation is 1. The Kier molecular flexibility index (Phi) is 7.50. The Morgan fingerprint density at radius 2 is 1.44 bits per heavy atom. The number of carbonyl (C=O) groups excluding carboxylic acids is 2. The third-order valence-electron chi connectivity index (χ3n) is 3.22. The summed E-state index contributed by atoms with van der Waals surface area (Å²) in [5.41, 5.74) is -4.44. The molecule has 1 rings (SSSR count). The van der Waals surface area contributed by atoms with Crippen LogP contribution in [0, 0.1) is 6.92 Å². The fourth-order valence-corrected chi connectivity index (χ4v) is 2.31. The Hall–Kier alpha value is -1.57. The van der Waals surface area contributed by atoms with Crippen LogP contribution in [0.15, 0.2) is 24.3 Å². The first kappa shape index (κ1) is 23.5. The first-order valence-electron chi connectivity index (χ1n) is 7.10. The summed E-state index contributed by atoms with van der Waals surface area (Å²) in [5.74, 6) is -3.92. The van der Waals surface area contributed by atoms with E-state index < -0.39 is 47.0 Å². The smallest absolute Gasteiger partial charge is 0.399 e. The molecule has 0 heterocycles. The van der Waals surface area contributed by atoms with Gasteiger partial charge in [-0.05, 0) is 12.5 Å². The highest BCUT2D eigenvalue weighted by atomic mass is 127. The van der Waals surface area contributed by atoms with E-state index >= 15 is 0 Å². The zero-order valence-electron chi connectivity index (χ0n) is 13.5. The molecule has 0 saturated carbocycles. The third-order valence-corrected chi connectivity index (χ3v) is 4.45. The molecule has 0 radical (unpaired) electrons. The summed E-state index contributed by atoms with van der Waals surface area (Å²) >= 11 is 1.71. The van der Waals surface area contributed by atoms with Gasteiger partial charge < -0.3 is 14.6 Å². The number of hydrogen-bond donors (Lipinski definition) is 0. The molecule has 0 aliphatic rings. The van der Waals surface area contributed by atoms with Crippen molar-refractivity contribution >= 4 is 34.5 Å². The Bertz CT molecular complexity index is 657. The van der Waals surface area contributed by atoms with Crippen LogP contribution < -0.4 is 5.11 Å². The molecule has 0 saturated heterocycles. The predicted molar refractivity (Wildman–Crippen MR) is 84.7 cm³/mol. The number of alkyl halides is 7. The largest absolute Gasteiger partial charge is 0.828 e. The summed E-state index contributed by atoms with van der Waals surface area (Å²) in [4.78, 5) is 22.9. The van der Waals surface area contributed by atoms with Gasteiger partial charge in [-0.3, -0.25) is 9.59 Å². The fourth-order valence-electron chi connectivity index (χ4n) is 1.72. The Morgan fingerprint density at radius 1 is 1.00 bits per heavy atom. The molecule has 1 aromatic carbocycles. The molecule has 0 N–H and O–H groups in total. The molecule has 12 heteroatoms. The number of hydrogen-bond acceptors (Lipinski definition) is 5. The molecule has 0 spiro atoms.